The Kier molecular flexibility index (Phi) is 5.71. The summed E-state index contributed by atoms with van der Waals surface area (Å²) >= 11 is 0. The molecule has 0 aromatic heterocycles. The second kappa shape index (κ2) is 6.82. The first-order valence-electron chi connectivity index (χ1n) is 5.79. The van der Waals surface area contributed by atoms with Crippen molar-refractivity contribution in [3.63, 3.8) is 0 Å². The van der Waals surface area contributed by atoms with Gasteiger partial charge in [0, 0.05) is 19.2 Å². The molecule has 0 heterocycles. The minimum atomic E-state index is -3.32. The molecule has 0 fully saturated rings. The van der Waals surface area contributed by atoms with Crippen LogP contribution < -0.4 is 5.32 Å². The topological polar surface area (TPSA) is 49.4 Å². The summed E-state index contributed by atoms with van der Waals surface area (Å²) < 4.78 is 38.4. The first-order chi connectivity index (χ1) is 8.47. The van der Waals surface area contributed by atoms with Crippen LogP contribution >= 0.6 is 0 Å². The van der Waals surface area contributed by atoms with Crippen molar-refractivity contribution in [3.8, 4) is 0 Å². The first kappa shape index (κ1) is 15.1. The highest BCUT2D eigenvalue weighted by Gasteiger charge is 2.18. The van der Waals surface area contributed by atoms with E-state index in [1.54, 1.807) is 25.2 Å². The van der Waals surface area contributed by atoms with Crippen LogP contribution in [-0.2, 0) is 16.6 Å². The SMILES string of the molecule is CNCCCS(=O)(=O)N(C)Cc1ccccc1F. The lowest BCUT2D eigenvalue weighted by Crippen LogP contribution is -2.30. The molecule has 0 atom stereocenters. The van der Waals surface area contributed by atoms with Crippen LogP contribution in [0.2, 0.25) is 0 Å². The standard InChI is InChI=1S/C12H19FN2O2S/c1-14-8-5-9-18(16,17)15(2)10-11-6-3-4-7-12(11)13/h3-4,6-7,14H,5,8-10H2,1-2H3. The zero-order chi connectivity index (χ0) is 13.6. The first-order valence-corrected chi connectivity index (χ1v) is 7.40. The summed E-state index contributed by atoms with van der Waals surface area (Å²) in [5.74, 6) is -0.312. The van der Waals surface area contributed by atoms with Crippen LogP contribution in [0.25, 0.3) is 0 Å². The van der Waals surface area contributed by atoms with Crippen LogP contribution in [0, 0.1) is 5.82 Å². The Bertz CT molecular complexity index is 477. The van der Waals surface area contributed by atoms with E-state index in [1.807, 2.05) is 0 Å². The van der Waals surface area contributed by atoms with Gasteiger partial charge in [-0.25, -0.2) is 17.1 Å². The maximum Gasteiger partial charge on any atom is 0.214 e. The molecule has 0 spiro atoms. The van der Waals surface area contributed by atoms with Crippen LogP contribution in [0.15, 0.2) is 24.3 Å². The molecular formula is C12H19FN2O2S. The summed E-state index contributed by atoms with van der Waals surface area (Å²) in [7, 11) is -0.0740. The fraction of sp³-hybridized carbons (Fsp3) is 0.500. The number of sulfonamides is 1. The molecule has 0 aliphatic carbocycles. The Hall–Kier alpha value is -0.980. The molecule has 18 heavy (non-hydrogen) atoms. The van der Waals surface area contributed by atoms with Crippen molar-refractivity contribution >= 4 is 10.0 Å². The summed E-state index contributed by atoms with van der Waals surface area (Å²) in [6.45, 7) is 0.710. The molecule has 0 bridgehead atoms. The molecule has 102 valence electrons. The molecule has 0 radical (unpaired) electrons. The van der Waals surface area contributed by atoms with Gasteiger partial charge in [0.25, 0.3) is 0 Å². The van der Waals surface area contributed by atoms with Gasteiger partial charge >= 0.3 is 0 Å². The maximum absolute atomic E-state index is 13.4. The Labute approximate surface area is 108 Å². The highest BCUT2D eigenvalue weighted by molar-refractivity contribution is 7.89. The van der Waals surface area contributed by atoms with Gasteiger partial charge in [0.1, 0.15) is 5.82 Å². The summed E-state index contributed by atoms with van der Waals surface area (Å²) in [6.07, 6.45) is 0.542. The number of nitrogens with one attached hydrogen (secondary N) is 1. The lowest BCUT2D eigenvalue weighted by molar-refractivity contribution is 0.455. The average molecular weight is 274 g/mol. The van der Waals surface area contributed by atoms with E-state index in [0.29, 0.717) is 18.5 Å². The fourth-order valence-corrected chi connectivity index (χ4v) is 2.71. The zero-order valence-electron chi connectivity index (χ0n) is 10.7. The third kappa shape index (κ3) is 4.36. The lowest BCUT2D eigenvalue weighted by Gasteiger charge is -2.17. The Morgan fingerprint density at radius 3 is 2.61 bits per heavy atom. The number of hydrogen-bond donors (Lipinski definition) is 1. The Morgan fingerprint density at radius 2 is 2.00 bits per heavy atom. The van der Waals surface area contributed by atoms with E-state index in [-0.39, 0.29) is 18.1 Å². The van der Waals surface area contributed by atoms with Crippen LogP contribution in [0.4, 0.5) is 4.39 Å². The van der Waals surface area contributed by atoms with Crippen molar-refractivity contribution in [1.29, 1.82) is 0 Å². The van der Waals surface area contributed by atoms with Crippen LogP contribution in [-0.4, -0.2) is 39.1 Å². The quantitative estimate of drug-likeness (QED) is 0.760. The van der Waals surface area contributed by atoms with Gasteiger partial charge < -0.3 is 5.32 Å². The Balaban J connectivity index is 2.64. The minimum Gasteiger partial charge on any atom is -0.320 e. The molecule has 0 saturated heterocycles. The molecule has 6 heteroatoms. The summed E-state index contributed by atoms with van der Waals surface area (Å²) in [5.41, 5.74) is 0.386. The van der Waals surface area contributed by atoms with E-state index < -0.39 is 10.0 Å². The molecule has 0 aliphatic heterocycles. The zero-order valence-corrected chi connectivity index (χ0v) is 11.5. The Morgan fingerprint density at radius 1 is 1.33 bits per heavy atom. The number of nitrogens with zero attached hydrogens (tertiary/aromatic N) is 1. The summed E-state index contributed by atoms with van der Waals surface area (Å²) in [6, 6.07) is 6.20. The molecule has 0 unspecified atom stereocenters. The van der Waals surface area contributed by atoms with Gasteiger partial charge in [-0.15, -0.1) is 0 Å². The van der Waals surface area contributed by atoms with Crippen molar-refractivity contribution in [3.05, 3.63) is 35.6 Å². The monoisotopic (exact) mass is 274 g/mol. The van der Waals surface area contributed by atoms with E-state index in [9.17, 15) is 12.8 Å². The molecule has 0 aliphatic rings. The smallest absolute Gasteiger partial charge is 0.214 e. The third-order valence-corrected chi connectivity index (χ3v) is 4.54. The van der Waals surface area contributed by atoms with Crippen LogP contribution in [0.5, 0.6) is 0 Å². The molecule has 0 amide bonds. The molecule has 1 aromatic rings. The third-order valence-electron chi connectivity index (χ3n) is 2.65. The lowest BCUT2D eigenvalue weighted by atomic mass is 10.2. The maximum atomic E-state index is 13.4. The van der Waals surface area contributed by atoms with Crippen molar-refractivity contribution in [2.24, 2.45) is 0 Å². The van der Waals surface area contributed by atoms with E-state index in [4.69, 9.17) is 0 Å². The van der Waals surface area contributed by atoms with Gasteiger partial charge in [0.05, 0.1) is 5.75 Å². The number of halogens is 1. The second-order valence-corrected chi connectivity index (χ2v) is 6.32. The molecule has 1 rings (SSSR count). The van der Waals surface area contributed by atoms with Gasteiger partial charge in [0.15, 0.2) is 0 Å². The molecule has 0 saturated carbocycles. The molecule has 4 nitrogen and oxygen atoms in total. The van der Waals surface area contributed by atoms with Gasteiger partial charge in [-0.2, -0.15) is 0 Å². The second-order valence-electron chi connectivity index (χ2n) is 4.12. The summed E-state index contributed by atoms with van der Waals surface area (Å²) in [5, 5.41) is 2.90. The van der Waals surface area contributed by atoms with Gasteiger partial charge in [-0.05, 0) is 26.1 Å². The highest BCUT2D eigenvalue weighted by atomic mass is 32.2. The number of rotatable bonds is 7. The van der Waals surface area contributed by atoms with E-state index in [2.05, 4.69) is 5.32 Å². The largest absolute Gasteiger partial charge is 0.320 e. The van der Waals surface area contributed by atoms with E-state index >= 15 is 0 Å². The van der Waals surface area contributed by atoms with E-state index in [0.717, 1.165) is 0 Å². The molecule has 1 aromatic carbocycles. The fourth-order valence-electron chi connectivity index (χ4n) is 1.55. The van der Waals surface area contributed by atoms with Gasteiger partial charge in [-0.3, -0.25) is 0 Å². The predicted molar refractivity (Wildman–Crippen MR) is 70.2 cm³/mol. The predicted octanol–water partition coefficient (Wildman–Crippen LogP) is 1.20. The van der Waals surface area contributed by atoms with Crippen LogP contribution in [0.3, 0.4) is 0 Å². The highest BCUT2D eigenvalue weighted by Crippen LogP contribution is 2.11. The molecular weight excluding hydrogens is 255 g/mol. The normalized spacial score (nSPS) is 12.0. The van der Waals surface area contributed by atoms with Crippen LogP contribution in [0.1, 0.15) is 12.0 Å². The van der Waals surface area contributed by atoms with Gasteiger partial charge in [0.2, 0.25) is 10.0 Å². The van der Waals surface area contributed by atoms with Crippen molar-refractivity contribution < 1.29 is 12.8 Å². The van der Waals surface area contributed by atoms with Gasteiger partial charge in [-0.1, -0.05) is 18.2 Å². The van der Waals surface area contributed by atoms with Crippen molar-refractivity contribution in [2.75, 3.05) is 26.4 Å². The minimum absolute atomic E-state index is 0.0640. The van der Waals surface area contributed by atoms with Crippen molar-refractivity contribution in [1.82, 2.24) is 9.62 Å². The van der Waals surface area contributed by atoms with Crippen molar-refractivity contribution in [2.45, 2.75) is 13.0 Å². The number of hydrogen-bond acceptors (Lipinski definition) is 3. The van der Waals surface area contributed by atoms with E-state index in [1.165, 1.54) is 17.4 Å². The summed E-state index contributed by atoms with van der Waals surface area (Å²) in [4.78, 5) is 0. The average Bonchev–Trinajstić information content (AvgIpc) is 2.32. The molecule has 1 N–H and O–H groups in total. The number of benzene rings is 1.